The van der Waals surface area contributed by atoms with Crippen molar-refractivity contribution in [1.82, 2.24) is 9.97 Å². The van der Waals surface area contributed by atoms with Crippen LogP contribution in [0.3, 0.4) is 0 Å². The Morgan fingerprint density at radius 1 is 1.32 bits per heavy atom. The van der Waals surface area contributed by atoms with Crippen LogP contribution < -0.4 is 10.1 Å². The van der Waals surface area contributed by atoms with Crippen molar-refractivity contribution in [3.05, 3.63) is 35.9 Å². The van der Waals surface area contributed by atoms with Gasteiger partial charge in [-0.25, -0.2) is 14.4 Å². The number of nitrogens with zero attached hydrogens (tertiary/aromatic N) is 2. The molecule has 5 heteroatoms. The van der Waals surface area contributed by atoms with Gasteiger partial charge in [0.1, 0.15) is 12.1 Å². The summed E-state index contributed by atoms with van der Waals surface area (Å²) in [6.45, 7) is 1.99. The maximum Gasteiger partial charge on any atom is 0.174 e. The molecule has 0 spiro atoms. The van der Waals surface area contributed by atoms with E-state index in [0.717, 1.165) is 11.4 Å². The predicted octanol–water partition coefficient (Wildman–Crippen LogP) is 2.90. The zero-order valence-electron chi connectivity index (χ0n) is 11.2. The molecule has 0 amide bonds. The molecule has 2 rings (SSSR count). The van der Waals surface area contributed by atoms with Crippen molar-refractivity contribution >= 4 is 5.82 Å². The quantitative estimate of drug-likeness (QED) is 0.919. The second kappa shape index (κ2) is 5.65. The van der Waals surface area contributed by atoms with Crippen LogP contribution in [-0.2, 0) is 6.42 Å². The molecule has 19 heavy (non-hydrogen) atoms. The van der Waals surface area contributed by atoms with Gasteiger partial charge in [-0.1, -0.05) is 13.0 Å². The molecule has 0 fully saturated rings. The molecule has 4 nitrogen and oxygen atoms in total. The number of ether oxygens (including phenoxy) is 1. The Labute approximate surface area is 111 Å². The summed E-state index contributed by atoms with van der Waals surface area (Å²) in [5.41, 5.74) is 1.91. The van der Waals surface area contributed by atoms with E-state index in [4.69, 9.17) is 4.74 Å². The molecule has 1 aromatic heterocycles. The topological polar surface area (TPSA) is 47.0 Å². The smallest absolute Gasteiger partial charge is 0.174 e. The van der Waals surface area contributed by atoms with Gasteiger partial charge in [-0.05, 0) is 18.6 Å². The Balaban J connectivity index is 2.65. The summed E-state index contributed by atoms with van der Waals surface area (Å²) in [6.07, 6.45) is 2.14. The lowest BCUT2D eigenvalue weighted by Gasteiger charge is -2.12. The number of halogens is 1. The minimum Gasteiger partial charge on any atom is -0.494 e. The van der Waals surface area contributed by atoms with Crippen LogP contribution in [-0.4, -0.2) is 24.1 Å². The number of hydrogen-bond acceptors (Lipinski definition) is 4. The van der Waals surface area contributed by atoms with E-state index in [1.165, 1.54) is 13.4 Å². The minimum absolute atomic E-state index is 0.212. The lowest BCUT2D eigenvalue weighted by molar-refractivity contribution is 0.387. The number of nitrogens with one attached hydrogen (secondary N) is 1. The maximum atomic E-state index is 14.3. The highest BCUT2D eigenvalue weighted by Gasteiger charge is 2.16. The number of benzene rings is 1. The highest BCUT2D eigenvalue weighted by Crippen LogP contribution is 2.31. The Hall–Kier alpha value is -2.17. The SMILES string of the molecule is CCc1c(NC)ncnc1-c1cccc(OC)c1F. The Kier molecular flexibility index (Phi) is 3.94. The summed E-state index contributed by atoms with van der Waals surface area (Å²) >= 11 is 0. The first-order valence-electron chi connectivity index (χ1n) is 6.07. The van der Waals surface area contributed by atoms with Gasteiger partial charge < -0.3 is 10.1 Å². The van der Waals surface area contributed by atoms with Crippen molar-refractivity contribution in [1.29, 1.82) is 0 Å². The molecule has 0 unspecified atom stereocenters. The highest BCUT2D eigenvalue weighted by atomic mass is 19.1. The van der Waals surface area contributed by atoms with Crippen LogP contribution in [0.25, 0.3) is 11.3 Å². The van der Waals surface area contributed by atoms with Gasteiger partial charge in [0.05, 0.1) is 12.8 Å². The van der Waals surface area contributed by atoms with E-state index in [1.807, 2.05) is 6.92 Å². The summed E-state index contributed by atoms with van der Waals surface area (Å²) in [4.78, 5) is 8.37. The van der Waals surface area contributed by atoms with E-state index < -0.39 is 5.82 Å². The summed E-state index contributed by atoms with van der Waals surface area (Å²) in [5.74, 6) is 0.527. The van der Waals surface area contributed by atoms with Crippen LogP contribution in [0.2, 0.25) is 0 Å². The Bertz CT molecular complexity index is 587. The fourth-order valence-corrected chi connectivity index (χ4v) is 2.05. The second-order valence-corrected chi connectivity index (χ2v) is 3.97. The highest BCUT2D eigenvalue weighted by molar-refractivity contribution is 5.70. The molecule has 0 saturated carbocycles. The van der Waals surface area contributed by atoms with Gasteiger partial charge in [-0.3, -0.25) is 0 Å². The standard InChI is InChI=1S/C14H16FN3O/c1-4-9-13(17-8-18-14(9)16-2)10-6-5-7-11(19-3)12(10)15/h5-8H,4H2,1-3H3,(H,16,17,18). The minimum atomic E-state index is -0.402. The summed E-state index contributed by atoms with van der Waals surface area (Å²) in [5, 5.41) is 3.00. The molecular formula is C14H16FN3O. The number of aromatic nitrogens is 2. The van der Waals surface area contributed by atoms with Crippen LogP contribution in [0.5, 0.6) is 5.75 Å². The van der Waals surface area contributed by atoms with Crippen LogP contribution in [0.4, 0.5) is 10.2 Å². The van der Waals surface area contributed by atoms with Crippen LogP contribution >= 0.6 is 0 Å². The molecule has 1 N–H and O–H groups in total. The average molecular weight is 261 g/mol. The van der Waals surface area contributed by atoms with Crippen molar-refractivity contribution in [2.45, 2.75) is 13.3 Å². The van der Waals surface area contributed by atoms with E-state index >= 15 is 0 Å². The molecule has 0 saturated heterocycles. The van der Waals surface area contributed by atoms with Crippen molar-refractivity contribution in [3.8, 4) is 17.0 Å². The normalized spacial score (nSPS) is 10.3. The van der Waals surface area contributed by atoms with Crippen molar-refractivity contribution in [3.63, 3.8) is 0 Å². The number of hydrogen-bond donors (Lipinski definition) is 1. The molecule has 2 aromatic rings. The van der Waals surface area contributed by atoms with Crippen molar-refractivity contribution in [2.75, 3.05) is 19.5 Å². The Morgan fingerprint density at radius 3 is 2.74 bits per heavy atom. The first-order chi connectivity index (χ1) is 9.22. The fourth-order valence-electron chi connectivity index (χ4n) is 2.05. The van der Waals surface area contributed by atoms with Crippen LogP contribution in [0, 0.1) is 5.82 Å². The van der Waals surface area contributed by atoms with Gasteiger partial charge in [0.2, 0.25) is 0 Å². The van der Waals surface area contributed by atoms with E-state index in [9.17, 15) is 4.39 Å². The summed E-state index contributed by atoms with van der Waals surface area (Å²) < 4.78 is 19.3. The number of methoxy groups -OCH3 is 1. The molecular weight excluding hydrogens is 245 g/mol. The molecule has 1 aromatic carbocycles. The van der Waals surface area contributed by atoms with E-state index in [-0.39, 0.29) is 5.75 Å². The molecule has 0 radical (unpaired) electrons. The predicted molar refractivity (Wildman–Crippen MR) is 72.9 cm³/mol. The molecule has 0 atom stereocenters. The summed E-state index contributed by atoms with van der Waals surface area (Å²) in [7, 11) is 3.23. The first-order valence-corrected chi connectivity index (χ1v) is 6.07. The van der Waals surface area contributed by atoms with Gasteiger partial charge in [-0.2, -0.15) is 0 Å². The molecule has 100 valence electrons. The van der Waals surface area contributed by atoms with Gasteiger partial charge >= 0.3 is 0 Å². The van der Waals surface area contributed by atoms with Crippen LogP contribution in [0.1, 0.15) is 12.5 Å². The van der Waals surface area contributed by atoms with E-state index in [1.54, 1.807) is 25.2 Å². The molecule has 1 heterocycles. The largest absolute Gasteiger partial charge is 0.494 e. The second-order valence-electron chi connectivity index (χ2n) is 3.97. The van der Waals surface area contributed by atoms with Gasteiger partial charge in [0.25, 0.3) is 0 Å². The molecule has 0 bridgehead atoms. The zero-order chi connectivity index (χ0) is 13.8. The maximum absolute atomic E-state index is 14.3. The first kappa shape index (κ1) is 13.3. The fraction of sp³-hybridized carbons (Fsp3) is 0.286. The lowest BCUT2D eigenvalue weighted by atomic mass is 10.0. The number of anilines is 1. The zero-order valence-corrected chi connectivity index (χ0v) is 11.2. The Morgan fingerprint density at radius 2 is 2.11 bits per heavy atom. The third kappa shape index (κ3) is 2.36. The van der Waals surface area contributed by atoms with Crippen molar-refractivity contribution < 1.29 is 9.13 Å². The van der Waals surface area contributed by atoms with Gasteiger partial charge in [-0.15, -0.1) is 0 Å². The van der Waals surface area contributed by atoms with Crippen LogP contribution in [0.15, 0.2) is 24.5 Å². The number of rotatable bonds is 4. The molecule has 0 aliphatic rings. The third-order valence-corrected chi connectivity index (χ3v) is 2.97. The van der Waals surface area contributed by atoms with Gasteiger partial charge in [0.15, 0.2) is 11.6 Å². The molecule has 0 aliphatic carbocycles. The third-order valence-electron chi connectivity index (χ3n) is 2.97. The summed E-state index contributed by atoms with van der Waals surface area (Å²) in [6, 6.07) is 5.03. The van der Waals surface area contributed by atoms with E-state index in [2.05, 4.69) is 15.3 Å². The van der Waals surface area contributed by atoms with E-state index in [0.29, 0.717) is 17.7 Å². The monoisotopic (exact) mass is 261 g/mol. The van der Waals surface area contributed by atoms with Crippen molar-refractivity contribution in [2.24, 2.45) is 0 Å². The molecule has 0 aliphatic heterocycles. The van der Waals surface area contributed by atoms with Gasteiger partial charge in [0, 0.05) is 18.2 Å². The average Bonchev–Trinajstić information content (AvgIpc) is 2.46. The lowest BCUT2D eigenvalue weighted by Crippen LogP contribution is -2.03.